The monoisotopic (exact) mass is 327 g/mol. The fourth-order valence-electron chi connectivity index (χ4n) is 1.93. The zero-order valence-corrected chi connectivity index (χ0v) is 13.4. The van der Waals surface area contributed by atoms with Crippen LogP contribution in [0.15, 0.2) is 47.6 Å². The predicted octanol–water partition coefficient (Wildman–Crippen LogP) is 2.33. The summed E-state index contributed by atoms with van der Waals surface area (Å²) in [5.74, 6) is 0.524. The zero-order chi connectivity index (χ0) is 15.3. The van der Waals surface area contributed by atoms with Gasteiger partial charge in [-0.3, -0.25) is 4.68 Å². The van der Waals surface area contributed by atoms with Gasteiger partial charge >= 0.3 is 0 Å². The van der Waals surface area contributed by atoms with E-state index in [1.54, 1.807) is 17.9 Å². The van der Waals surface area contributed by atoms with E-state index < -0.39 is 10.0 Å². The van der Waals surface area contributed by atoms with Crippen molar-refractivity contribution in [2.45, 2.75) is 24.4 Å². The maximum absolute atomic E-state index is 12.5. The van der Waals surface area contributed by atoms with E-state index in [-0.39, 0.29) is 4.90 Å². The lowest BCUT2D eigenvalue weighted by molar-refractivity contribution is 0.466. The molecule has 1 heterocycles. The second kappa shape index (κ2) is 7.06. The van der Waals surface area contributed by atoms with Gasteiger partial charge in [0.25, 0.3) is 0 Å². The zero-order valence-electron chi connectivity index (χ0n) is 11.8. The van der Waals surface area contributed by atoms with Crippen molar-refractivity contribution in [3.05, 3.63) is 48.3 Å². The summed E-state index contributed by atoms with van der Waals surface area (Å²) in [4.78, 5) is 0.204. The first-order valence-corrected chi connectivity index (χ1v) is 8.60. The van der Waals surface area contributed by atoms with Crippen LogP contribution in [0, 0.1) is 0 Å². The van der Waals surface area contributed by atoms with Crippen LogP contribution < -0.4 is 0 Å². The summed E-state index contributed by atoms with van der Waals surface area (Å²) in [5, 5.41) is 4.06. The molecule has 0 bridgehead atoms. The number of alkyl halides is 1. The number of hydrogen-bond donors (Lipinski definition) is 0. The van der Waals surface area contributed by atoms with Gasteiger partial charge in [0.05, 0.1) is 6.20 Å². The molecule has 21 heavy (non-hydrogen) atoms. The van der Waals surface area contributed by atoms with Crippen LogP contribution in [0.5, 0.6) is 0 Å². The Hall–Kier alpha value is -1.37. The number of benzene rings is 1. The summed E-state index contributed by atoms with van der Waals surface area (Å²) in [6, 6.07) is 9.48. The van der Waals surface area contributed by atoms with Crippen LogP contribution in [-0.4, -0.2) is 35.4 Å². The van der Waals surface area contributed by atoms with Crippen molar-refractivity contribution >= 4 is 21.6 Å². The molecule has 0 amide bonds. The second-order valence-electron chi connectivity index (χ2n) is 4.73. The maximum Gasteiger partial charge on any atom is 0.246 e. The third kappa shape index (κ3) is 4.06. The minimum absolute atomic E-state index is 0.204. The highest BCUT2D eigenvalue weighted by atomic mass is 35.5. The maximum atomic E-state index is 12.5. The number of rotatable bonds is 7. The van der Waals surface area contributed by atoms with Crippen molar-refractivity contribution in [1.29, 1.82) is 0 Å². The van der Waals surface area contributed by atoms with Crippen LogP contribution in [0.4, 0.5) is 0 Å². The molecule has 0 fully saturated rings. The molecule has 114 valence electrons. The second-order valence-corrected chi connectivity index (χ2v) is 7.15. The summed E-state index contributed by atoms with van der Waals surface area (Å²) >= 11 is 5.62. The first kappa shape index (κ1) is 16.0. The minimum atomic E-state index is -3.52. The Labute approximate surface area is 130 Å². The number of aromatic nitrogens is 2. The van der Waals surface area contributed by atoms with Gasteiger partial charge in [0.2, 0.25) is 10.0 Å². The van der Waals surface area contributed by atoms with E-state index in [1.165, 1.54) is 10.5 Å². The number of halogens is 1. The fraction of sp³-hybridized carbons (Fsp3) is 0.357. The fourth-order valence-corrected chi connectivity index (χ4v) is 3.16. The molecule has 1 aromatic carbocycles. The topological polar surface area (TPSA) is 55.2 Å². The molecule has 0 aliphatic rings. The smallest absolute Gasteiger partial charge is 0.246 e. The molecule has 2 rings (SSSR count). The Balaban J connectivity index is 2.11. The Morgan fingerprint density at radius 3 is 2.67 bits per heavy atom. The lowest BCUT2D eigenvalue weighted by Crippen LogP contribution is -2.26. The van der Waals surface area contributed by atoms with Crippen LogP contribution in [0.3, 0.4) is 0 Å². The Kier molecular flexibility index (Phi) is 5.39. The number of nitrogens with zero attached hydrogens (tertiary/aromatic N) is 3. The van der Waals surface area contributed by atoms with Gasteiger partial charge in [-0.2, -0.15) is 9.40 Å². The molecule has 0 aliphatic carbocycles. The van der Waals surface area contributed by atoms with Gasteiger partial charge in [-0.05, 0) is 12.0 Å². The molecule has 5 nitrogen and oxygen atoms in total. The van der Waals surface area contributed by atoms with Crippen LogP contribution >= 0.6 is 11.6 Å². The molecule has 0 atom stereocenters. The third-order valence-corrected chi connectivity index (χ3v) is 5.11. The van der Waals surface area contributed by atoms with Crippen LogP contribution in [0.2, 0.25) is 0 Å². The lowest BCUT2D eigenvalue weighted by Gasteiger charge is -2.15. The van der Waals surface area contributed by atoms with Crippen LogP contribution in [0.1, 0.15) is 12.0 Å². The summed E-state index contributed by atoms with van der Waals surface area (Å²) in [7, 11) is -1.96. The lowest BCUT2D eigenvalue weighted by atomic mass is 10.2. The molecule has 0 saturated carbocycles. The van der Waals surface area contributed by atoms with Crippen molar-refractivity contribution in [2.75, 3.05) is 12.9 Å². The largest absolute Gasteiger partial charge is 0.271 e. The first-order chi connectivity index (χ1) is 10.0. The van der Waals surface area contributed by atoms with E-state index in [1.807, 2.05) is 30.3 Å². The normalized spacial score (nSPS) is 12.0. The Morgan fingerprint density at radius 2 is 2.00 bits per heavy atom. The molecule has 7 heteroatoms. The molecule has 0 spiro atoms. The van der Waals surface area contributed by atoms with Crippen molar-refractivity contribution in [3.63, 3.8) is 0 Å². The average molecular weight is 328 g/mol. The van der Waals surface area contributed by atoms with Crippen molar-refractivity contribution in [1.82, 2.24) is 14.1 Å². The summed E-state index contributed by atoms with van der Waals surface area (Å²) in [6.45, 7) is 0.942. The van der Waals surface area contributed by atoms with Gasteiger partial charge in [-0.15, -0.1) is 11.6 Å². The Bertz CT molecular complexity index is 671. The first-order valence-electron chi connectivity index (χ1n) is 6.62. The summed E-state index contributed by atoms with van der Waals surface area (Å²) in [5.41, 5.74) is 0.943. The van der Waals surface area contributed by atoms with E-state index in [0.29, 0.717) is 19.0 Å². The van der Waals surface area contributed by atoms with Gasteiger partial charge in [-0.25, -0.2) is 8.42 Å². The SMILES string of the molecule is CN(Cc1ccccc1)S(=O)(=O)c1cnn(CCCCl)c1. The molecule has 2 aromatic rings. The molecule has 1 aromatic heterocycles. The van der Waals surface area contributed by atoms with Gasteiger partial charge in [-0.1, -0.05) is 30.3 Å². The van der Waals surface area contributed by atoms with Crippen LogP contribution in [-0.2, 0) is 23.1 Å². The highest BCUT2D eigenvalue weighted by molar-refractivity contribution is 7.89. The summed E-state index contributed by atoms with van der Waals surface area (Å²) in [6.07, 6.45) is 3.68. The van der Waals surface area contributed by atoms with E-state index in [9.17, 15) is 8.42 Å². The molecule has 0 radical (unpaired) electrons. The molecule has 0 unspecified atom stereocenters. The van der Waals surface area contributed by atoms with E-state index in [4.69, 9.17) is 11.6 Å². The number of hydrogen-bond acceptors (Lipinski definition) is 3. The molecular weight excluding hydrogens is 310 g/mol. The molecule has 0 aliphatic heterocycles. The van der Waals surface area contributed by atoms with Gasteiger partial charge in [0.15, 0.2) is 0 Å². The highest BCUT2D eigenvalue weighted by Gasteiger charge is 2.22. The minimum Gasteiger partial charge on any atom is -0.271 e. The van der Waals surface area contributed by atoms with Gasteiger partial charge in [0, 0.05) is 32.2 Å². The quantitative estimate of drug-likeness (QED) is 0.733. The molecular formula is C14H18ClN3O2S. The summed E-state index contributed by atoms with van der Waals surface area (Å²) < 4.78 is 27.9. The van der Waals surface area contributed by atoms with Crippen LogP contribution in [0.25, 0.3) is 0 Å². The highest BCUT2D eigenvalue weighted by Crippen LogP contribution is 2.16. The molecule has 0 N–H and O–H groups in total. The number of sulfonamides is 1. The van der Waals surface area contributed by atoms with Crippen molar-refractivity contribution in [2.24, 2.45) is 0 Å². The van der Waals surface area contributed by atoms with E-state index >= 15 is 0 Å². The third-order valence-electron chi connectivity index (χ3n) is 3.09. The standard InChI is InChI=1S/C14H18ClN3O2S/c1-17(11-13-6-3-2-4-7-13)21(19,20)14-10-16-18(12-14)9-5-8-15/h2-4,6-7,10,12H,5,8-9,11H2,1H3. The van der Waals surface area contributed by atoms with Crippen molar-refractivity contribution < 1.29 is 8.42 Å². The van der Waals surface area contributed by atoms with E-state index in [0.717, 1.165) is 12.0 Å². The van der Waals surface area contributed by atoms with Crippen molar-refractivity contribution in [3.8, 4) is 0 Å². The number of aryl methyl sites for hydroxylation is 1. The molecule has 0 saturated heterocycles. The average Bonchev–Trinajstić information content (AvgIpc) is 2.95. The predicted molar refractivity (Wildman–Crippen MR) is 82.7 cm³/mol. The van der Waals surface area contributed by atoms with Gasteiger partial charge in [0.1, 0.15) is 4.90 Å². The van der Waals surface area contributed by atoms with E-state index in [2.05, 4.69) is 5.10 Å². The Morgan fingerprint density at radius 1 is 1.29 bits per heavy atom. The van der Waals surface area contributed by atoms with Gasteiger partial charge < -0.3 is 0 Å².